The zero-order valence-corrected chi connectivity index (χ0v) is 19.5. The molecule has 0 aliphatic heterocycles. The zero-order chi connectivity index (χ0) is 23.7. The molecule has 1 aliphatic rings. The van der Waals surface area contributed by atoms with E-state index in [2.05, 4.69) is 53.3 Å². The van der Waals surface area contributed by atoms with Crippen LogP contribution in [0.25, 0.3) is 22.0 Å². The third kappa shape index (κ3) is 4.21. The molecule has 5 nitrogen and oxygen atoms in total. The Balaban J connectivity index is 1.30. The number of H-pyrrole nitrogens is 1. The monoisotopic (exact) mass is 470 g/mol. The lowest BCUT2D eigenvalue weighted by atomic mass is 9.70. The number of aromatic nitrogens is 1. The van der Waals surface area contributed by atoms with Crippen LogP contribution in [-0.2, 0) is 22.4 Å². The first kappa shape index (κ1) is 22.3. The Morgan fingerprint density at radius 1 is 1.03 bits per heavy atom. The molecular formula is C28H26N2O3S. The predicted molar refractivity (Wildman–Crippen MR) is 137 cm³/mol. The van der Waals surface area contributed by atoms with Gasteiger partial charge in [-0.05, 0) is 40.3 Å². The van der Waals surface area contributed by atoms with Gasteiger partial charge in [-0.15, -0.1) is 0 Å². The number of para-hydroxylation sites is 1. The summed E-state index contributed by atoms with van der Waals surface area (Å²) in [6, 6.07) is 23.3. The Hall–Kier alpha value is -3.51. The molecular weight excluding hydrogens is 444 g/mol. The summed E-state index contributed by atoms with van der Waals surface area (Å²) < 4.78 is 0. The highest BCUT2D eigenvalue weighted by Crippen LogP contribution is 2.42. The molecule has 172 valence electrons. The van der Waals surface area contributed by atoms with Crippen LogP contribution in [0.5, 0.6) is 0 Å². The third-order valence-electron chi connectivity index (χ3n) is 6.82. The number of aliphatic carboxylic acids is 1. The predicted octanol–water partition coefficient (Wildman–Crippen LogP) is 4.83. The second-order valence-corrected chi connectivity index (χ2v) is 9.21. The van der Waals surface area contributed by atoms with Gasteiger partial charge in [0.05, 0.1) is 5.92 Å². The minimum absolute atomic E-state index is 0.0415. The topological polar surface area (TPSA) is 82.2 Å². The maximum atomic E-state index is 13.2. The number of thiol groups is 1. The van der Waals surface area contributed by atoms with E-state index in [-0.39, 0.29) is 24.2 Å². The standard InChI is InChI=1S/C28H26N2O3S/c31-27(30-26(28(32)33)14-20-15-29-25-9-5-4-8-22(20)25)24(16-34)23-13-19-12-18(10-11-21(19)23)17-6-2-1-3-7-17/h1-12,15,23-24,26,29,34H,13-14,16H2,(H,30,31)(H,32,33)/t23-,24-,26+/m1/s1. The Bertz CT molecular complexity index is 1350. The summed E-state index contributed by atoms with van der Waals surface area (Å²) in [5, 5.41) is 13.6. The van der Waals surface area contributed by atoms with E-state index in [1.54, 1.807) is 0 Å². The highest BCUT2D eigenvalue weighted by atomic mass is 32.1. The molecule has 1 heterocycles. The number of amides is 1. The molecule has 0 bridgehead atoms. The van der Waals surface area contributed by atoms with Crippen molar-refractivity contribution in [3.05, 3.63) is 95.7 Å². The van der Waals surface area contributed by atoms with Crippen molar-refractivity contribution in [3.8, 4) is 11.1 Å². The average molecular weight is 471 g/mol. The SMILES string of the molecule is O=C(O)[C@H](Cc1c[nH]c2ccccc12)NC(=O)[C@H](CS)[C@@H]1Cc2cc(-c3ccccc3)ccc21. The number of aromatic amines is 1. The van der Waals surface area contributed by atoms with Crippen molar-refractivity contribution in [1.29, 1.82) is 0 Å². The molecule has 0 saturated carbocycles. The minimum atomic E-state index is -1.04. The van der Waals surface area contributed by atoms with E-state index < -0.39 is 12.0 Å². The molecule has 0 fully saturated rings. The second-order valence-electron chi connectivity index (χ2n) is 8.84. The van der Waals surface area contributed by atoms with Gasteiger partial charge in [0.2, 0.25) is 5.91 Å². The summed E-state index contributed by atoms with van der Waals surface area (Å²) >= 11 is 4.45. The van der Waals surface area contributed by atoms with Crippen molar-refractivity contribution in [1.82, 2.24) is 10.3 Å². The van der Waals surface area contributed by atoms with Crippen LogP contribution >= 0.6 is 12.6 Å². The van der Waals surface area contributed by atoms with Crippen molar-refractivity contribution < 1.29 is 14.7 Å². The molecule has 6 heteroatoms. The summed E-state index contributed by atoms with van der Waals surface area (Å²) in [6.07, 6.45) is 2.82. The van der Waals surface area contributed by atoms with Gasteiger partial charge in [0.15, 0.2) is 0 Å². The maximum absolute atomic E-state index is 13.2. The molecule has 1 aliphatic carbocycles. The highest BCUT2D eigenvalue weighted by molar-refractivity contribution is 7.80. The quantitative estimate of drug-likeness (QED) is 0.278. The first-order chi connectivity index (χ1) is 16.5. The zero-order valence-electron chi connectivity index (χ0n) is 18.6. The van der Waals surface area contributed by atoms with Gasteiger partial charge in [0.25, 0.3) is 0 Å². The molecule has 0 unspecified atom stereocenters. The van der Waals surface area contributed by atoms with Crippen molar-refractivity contribution in [2.75, 3.05) is 5.75 Å². The average Bonchev–Trinajstić information content (AvgIpc) is 3.25. The minimum Gasteiger partial charge on any atom is -0.480 e. The lowest BCUT2D eigenvalue weighted by molar-refractivity contribution is -0.142. The van der Waals surface area contributed by atoms with Crippen LogP contribution < -0.4 is 5.32 Å². The summed E-state index contributed by atoms with van der Waals surface area (Å²) in [6.45, 7) is 0. The van der Waals surface area contributed by atoms with Gasteiger partial charge >= 0.3 is 5.97 Å². The lowest BCUT2D eigenvalue weighted by Crippen LogP contribution is -2.47. The molecule has 3 N–H and O–H groups in total. The molecule has 1 aromatic heterocycles. The molecule has 34 heavy (non-hydrogen) atoms. The Labute approximate surface area is 203 Å². The maximum Gasteiger partial charge on any atom is 0.326 e. The van der Waals surface area contributed by atoms with E-state index in [0.717, 1.165) is 34.0 Å². The molecule has 1 amide bonds. The number of benzene rings is 3. The number of rotatable bonds is 8. The first-order valence-electron chi connectivity index (χ1n) is 11.4. The number of fused-ring (bicyclic) bond motifs is 2. The second kappa shape index (κ2) is 9.39. The smallest absolute Gasteiger partial charge is 0.326 e. The fourth-order valence-electron chi connectivity index (χ4n) is 4.92. The van der Waals surface area contributed by atoms with E-state index in [1.165, 1.54) is 11.1 Å². The van der Waals surface area contributed by atoms with Crippen LogP contribution in [0.2, 0.25) is 0 Å². The summed E-state index contributed by atoms with van der Waals surface area (Å²) in [5.41, 5.74) is 6.53. The number of carboxylic acids is 1. The molecule has 3 atom stereocenters. The lowest BCUT2D eigenvalue weighted by Gasteiger charge is -2.36. The van der Waals surface area contributed by atoms with Gasteiger partial charge in [-0.2, -0.15) is 12.6 Å². The van der Waals surface area contributed by atoms with Gasteiger partial charge < -0.3 is 15.4 Å². The van der Waals surface area contributed by atoms with Gasteiger partial charge in [0.1, 0.15) is 6.04 Å². The molecule has 0 radical (unpaired) electrons. The summed E-state index contributed by atoms with van der Waals surface area (Å²) in [5.74, 6) is -1.29. The Morgan fingerprint density at radius 2 is 1.79 bits per heavy atom. The van der Waals surface area contributed by atoms with E-state index in [4.69, 9.17) is 0 Å². The van der Waals surface area contributed by atoms with Gasteiger partial charge in [-0.3, -0.25) is 4.79 Å². The van der Waals surface area contributed by atoms with E-state index in [0.29, 0.717) is 5.75 Å². The van der Waals surface area contributed by atoms with Crippen molar-refractivity contribution in [2.24, 2.45) is 5.92 Å². The number of hydrogen-bond donors (Lipinski definition) is 4. The summed E-state index contributed by atoms with van der Waals surface area (Å²) in [4.78, 5) is 28.3. The molecule has 0 spiro atoms. The number of carbonyl (C=O) groups is 2. The van der Waals surface area contributed by atoms with Gasteiger partial charge in [-0.1, -0.05) is 66.7 Å². The van der Waals surface area contributed by atoms with Crippen molar-refractivity contribution >= 4 is 35.4 Å². The molecule has 5 rings (SSSR count). The van der Waals surface area contributed by atoms with Gasteiger partial charge in [-0.25, -0.2) is 4.79 Å². The van der Waals surface area contributed by atoms with E-state index in [9.17, 15) is 14.7 Å². The normalized spacial score (nSPS) is 16.3. The van der Waals surface area contributed by atoms with Crippen molar-refractivity contribution in [3.63, 3.8) is 0 Å². The third-order valence-corrected chi connectivity index (χ3v) is 7.22. The first-order valence-corrected chi connectivity index (χ1v) is 12.1. The van der Waals surface area contributed by atoms with Crippen LogP contribution in [0.3, 0.4) is 0 Å². The van der Waals surface area contributed by atoms with Crippen LogP contribution in [0.15, 0.2) is 79.0 Å². The fourth-order valence-corrected chi connectivity index (χ4v) is 5.34. The Kier molecular flexibility index (Phi) is 6.16. The fraction of sp³-hybridized carbons (Fsp3) is 0.214. The highest BCUT2D eigenvalue weighted by Gasteiger charge is 2.37. The number of carboxylic acid groups (broad SMARTS) is 1. The van der Waals surface area contributed by atoms with Crippen LogP contribution in [0.1, 0.15) is 22.6 Å². The number of carbonyl (C=O) groups excluding carboxylic acids is 1. The van der Waals surface area contributed by atoms with Crippen LogP contribution in [0, 0.1) is 5.92 Å². The number of hydrogen-bond acceptors (Lipinski definition) is 3. The van der Waals surface area contributed by atoms with Crippen LogP contribution in [0.4, 0.5) is 0 Å². The van der Waals surface area contributed by atoms with E-state index >= 15 is 0 Å². The van der Waals surface area contributed by atoms with Crippen LogP contribution in [-0.4, -0.2) is 33.8 Å². The summed E-state index contributed by atoms with van der Waals surface area (Å²) in [7, 11) is 0. The number of nitrogens with one attached hydrogen (secondary N) is 2. The molecule has 4 aromatic rings. The molecule has 0 saturated heterocycles. The van der Waals surface area contributed by atoms with E-state index in [1.807, 2.05) is 48.7 Å². The largest absolute Gasteiger partial charge is 0.480 e. The molecule has 3 aromatic carbocycles. The van der Waals surface area contributed by atoms with Crippen molar-refractivity contribution in [2.45, 2.75) is 24.8 Å². The van der Waals surface area contributed by atoms with Gasteiger partial charge in [0, 0.05) is 35.2 Å². The Morgan fingerprint density at radius 3 is 2.53 bits per heavy atom.